The maximum Gasteiger partial charge on any atom is 0.230 e. The van der Waals surface area contributed by atoms with Gasteiger partial charge in [-0.3, -0.25) is 9.69 Å². The minimum atomic E-state index is -0.146. The lowest BCUT2D eigenvalue weighted by atomic mass is 9.81. The molecule has 0 bridgehead atoms. The average Bonchev–Trinajstić information content (AvgIpc) is 2.23. The fourth-order valence-corrected chi connectivity index (χ4v) is 2.72. The van der Waals surface area contributed by atoms with Gasteiger partial charge in [0.25, 0.3) is 0 Å². The normalized spacial score (nSPS) is 34.4. The zero-order chi connectivity index (χ0) is 10.1. The number of aliphatic hydroxyl groups excluding tert-OH is 1. The summed E-state index contributed by atoms with van der Waals surface area (Å²) in [5, 5.41) is 9.05. The van der Waals surface area contributed by atoms with E-state index in [1.54, 1.807) is 0 Å². The van der Waals surface area contributed by atoms with Gasteiger partial charge in [0.05, 0.1) is 12.6 Å². The maximum atomic E-state index is 11.9. The smallest absolute Gasteiger partial charge is 0.230 e. The fourth-order valence-electron chi connectivity index (χ4n) is 2.72. The van der Waals surface area contributed by atoms with Crippen LogP contribution in [0.3, 0.4) is 0 Å². The van der Waals surface area contributed by atoms with E-state index in [1.165, 1.54) is 11.3 Å². The van der Waals surface area contributed by atoms with E-state index in [0.717, 1.165) is 19.3 Å². The first-order valence-corrected chi connectivity index (χ1v) is 5.34. The molecule has 2 rings (SSSR count). The molecule has 2 unspecified atom stereocenters. The maximum absolute atomic E-state index is 11.9. The van der Waals surface area contributed by atoms with Gasteiger partial charge in [-0.2, -0.15) is 0 Å². The number of carbonyl (C=O) groups excluding carboxylic acids is 1. The Kier molecular flexibility index (Phi) is 2.74. The molecule has 2 atom stereocenters. The number of fused-ring (bicyclic) bond motifs is 1. The second-order valence-corrected chi connectivity index (χ2v) is 4.38. The Labute approximate surface area is 84.5 Å². The van der Waals surface area contributed by atoms with E-state index < -0.39 is 0 Å². The molecule has 14 heavy (non-hydrogen) atoms. The second kappa shape index (κ2) is 3.87. The number of hydrogen-bond acceptors (Lipinski definition) is 3. The van der Waals surface area contributed by atoms with E-state index in [2.05, 4.69) is 4.90 Å². The van der Waals surface area contributed by atoms with Crippen molar-refractivity contribution in [3.63, 3.8) is 0 Å². The van der Waals surface area contributed by atoms with Crippen molar-refractivity contribution in [3.05, 3.63) is 0 Å². The third-order valence-electron chi connectivity index (χ3n) is 3.49. The predicted octanol–water partition coefficient (Wildman–Crippen LogP) is 0.226. The van der Waals surface area contributed by atoms with Crippen LogP contribution < -0.4 is 0 Å². The van der Waals surface area contributed by atoms with Crippen molar-refractivity contribution >= 4 is 5.91 Å². The third kappa shape index (κ3) is 1.53. The standard InChI is InChI=1S/C10H18N2O2/c1-11-6-12(7-13)10(14)8-4-2-3-5-9(8)11/h8-9,13H,2-7H2,1H3. The lowest BCUT2D eigenvalue weighted by molar-refractivity contribution is -0.154. The largest absolute Gasteiger partial charge is 0.376 e. The topological polar surface area (TPSA) is 43.8 Å². The van der Waals surface area contributed by atoms with E-state index in [-0.39, 0.29) is 18.6 Å². The minimum Gasteiger partial charge on any atom is -0.376 e. The number of aliphatic hydroxyl groups is 1. The molecule has 4 heteroatoms. The lowest BCUT2D eigenvalue weighted by Gasteiger charge is -2.45. The van der Waals surface area contributed by atoms with Gasteiger partial charge in [0, 0.05) is 6.04 Å². The molecule has 1 aliphatic heterocycles. The van der Waals surface area contributed by atoms with Crippen LogP contribution >= 0.6 is 0 Å². The summed E-state index contributed by atoms with van der Waals surface area (Å²) >= 11 is 0. The van der Waals surface area contributed by atoms with E-state index in [9.17, 15) is 4.79 Å². The molecule has 1 heterocycles. The Balaban J connectivity index is 2.13. The van der Waals surface area contributed by atoms with Crippen LogP contribution in [0.1, 0.15) is 25.7 Å². The molecule has 1 aliphatic carbocycles. The molecular weight excluding hydrogens is 180 g/mol. The SMILES string of the molecule is CN1CN(CO)C(=O)C2CCCCC21. The number of amides is 1. The summed E-state index contributed by atoms with van der Waals surface area (Å²) in [6, 6.07) is 0.416. The van der Waals surface area contributed by atoms with E-state index in [1.807, 2.05) is 7.05 Å². The van der Waals surface area contributed by atoms with Gasteiger partial charge >= 0.3 is 0 Å². The highest BCUT2D eigenvalue weighted by atomic mass is 16.3. The van der Waals surface area contributed by atoms with Crippen LogP contribution in [-0.4, -0.2) is 47.3 Å². The van der Waals surface area contributed by atoms with Crippen molar-refractivity contribution in [2.24, 2.45) is 5.92 Å². The van der Waals surface area contributed by atoms with E-state index in [0.29, 0.717) is 12.7 Å². The lowest BCUT2D eigenvalue weighted by Crippen LogP contribution is -2.58. The zero-order valence-corrected chi connectivity index (χ0v) is 8.65. The molecule has 0 aromatic heterocycles. The summed E-state index contributed by atoms with van der Waals surface area (Å²) < 4.78 is 0. The van der Waals surface area contributed by atoms with Crippen LogP contribution in [0.2, 0.25) is 0 Å². The van der Waals surface area contributed by atoms with Gasteiger partial charge in [-0.05, 0) is 19.9 Å². The van der Waals surface area contributed by atoms with Crippen molar-refractivity contribution in [1.82, 2.24) is 9.80 Å². The quantitative estimate of drug-likeness (QED) is 0.656. The average molecular weight is 198 g/mol. The van der Waals surface area contributed by atoms with Crippen LogP contribution in [0.15, 0.2) is 0 Å². The summed E-state index contributed by atoms with van der Waals surface area (Å²) in [5.74, 6) is 0.282. The zero-order valence-electron chi connectivity index (χ0n) is 8.65. The van der Waals surface area contributed by atoms with Crippen LogP contribution in [0.25, 0.3) is 0 Å². The van der Waals surface area contributed by atoms with Crippen molar-refractivity contribution < 1.29 is 9.90 Å². The van der Waals surface area contributed by atoms with Crippen LogP contribution in [-0.2, 0) is 4.79 Å². The fraction of sp³-hybridized carbons (Fsp3) is 0.900. The molecule has 2 fully saturated rings. The van der Waals surface area contributed by atoms with Gasteiger partial charge in [-0.1, -0.05) is 12.8 Å². The number of nitrogens with zero attached hydrogens (tertiary/aromatic N) is 2. The highest BCUT2D eigenvalue weighted by Gasteiger charge is 2.40. The molecule has 1 amide bonds. The number of hydrogen-bond donors (Lipinski definition) is 1. The van der Waals surface area contributed by atoms with Gasteiger partial charge in [-0.15, -0.1) is 0 Å². The van der Waals surface area contributed by atoms with Gasteiger partial charge in [0.1, 0.15) is 6.73 Å². The number of rotatable bonds is 1. The predicted molar refractivity (Wildman–Crippen MR) is 52.3 cm³/mol. The van der Waals surface area contributed by atoms with Crippen LogP contribution in [0.5, 0.6) is 0 Å². The summed E-state index contributed by atoms with van der Waals surface area (Å²) in [6.07, 6.45) is 4.51. The molecule has 0 spiro atoms. The van der Waals surface area contributed by atoms with Gasteiger partial charge < -0.3 is 10.0 Å². The molecule has 0 aromatic carbocycles. The highest BCUT2D eigenvalue weighted by Crippen LogP contribution is 2.32. The molecule has 1 N–H and O–H groups in total. The summed E-state index contributed by atoms with van der Waals surface area (Å²) in [7, 11) is 2.04. The second-order valence-electron chi connectivity index (χ2n) is 4.38. The third-order valence-corrected chi connectivity index (χ3v) is 3.49. The number of carbonyl (C=O) groups is 1. The van der Waals surface area contributed by atoms with E-state index in [4.69, 9.17) is 5.11 Å². The van der Waals surface area contributed by atoms with Gasteiger partial charge in [0.15, 0.2) is 0 Å². The highest BCUT2D eigenvalue weighted by molar-refractivity contribution is 5.80. The monoisotopic (exact) mass is 198 g/mol. The summed E-state index contributed by atoms with van der Waals surface area (Å²) in [4.78, 5) is 15.6. The Hall–Kier alpha value is -0.610. The molecule has 4 nitrogen and oxygen atoms in total. The van der Waals surface area contributed by atoms with Crippen LogP contribution in [0, 0.1) is 5.92 Å². The van der Waals surface area contributed by atoms with Gasteiger partial charge in [0.2, 0.25) is 5.91 Å². The Morgan fingerprint density at radius 1 is 1.43 bits per heavy atom. The molecule has 80 valence electrons. The first-order valence-electron chi connectivity index (χ1n) is 5.34. The minimum absolute atomic E-state index is 0.134. The Bertz CT molecular complexity index is 232. The van der Waals surface area contributed by atoms with Crippen molar-refractivity contribution in [1.29, 1.82) is 0 Å². The molecule has 1 saturated heterocycles. The van der Waals surface area contributed by atoms with E-state index >= 15 is 0 Å². The molecular formula is C10H18N2O2. The molecule has 0 aromatic rings. The first kappa shape index (κ1) is 9.93. The molecule has 1 saturated carbocycles. The molecule has 0 radical (unpaired) electrons. The first-order chi connectivity index (χ1) is 6.74. The van der Waals surface area contributed by atoms with Crippen molar-refractivity contribution in [3.8, 4) is 0 Å². The Morgan fingerprint density at radius 3 is 2.86 bits per heavy atom. The van der Waals surface area contributed by atoms with Crippen LogP contribution in [0.4, 0.5) is 0 Å². The Morgan fingerprint density at radius 2 is 2.14 bits per heavy atom. The van der Waals surface area contributed by atoms with Crippen molar-refractivity contribution in [2.45, 2.75) is 31.7 Å². The summed E-state index contributed by atoms with van der Waals surface area (Å²) in [5.41, 5.74) is 0. The van der Waals surface area contributed by atoms with Crippen molar-refractivity contribution in [2.75, 3.05) is 20.4 Å². The molecule has 2 aliphatic rings. The van der Waals surface area contributed by atoms with Gasteiger partial charge in [-0.25, -0.2) is 0 Å². The summed E-state index contributed by atoms with van der Waals surface area (Å²) in [6.45, 7) is 0.433.